The van der Waals surface area contributed by atoms with E-state index in [1.807, 2.05) is 0 Å². The average molecular weight is 277 g/mol. The van der Waals surface area contributed by atoms with E-state index in [9.17, 15) is 10.1 Å². The van der Waals surface area contributed by atoms with Crippen molar-refractivity contribution < 1.29 is 4.92 Å². The summed E-state index contributed by atoms with van der Waals surface area (Å²) >= 11 is 0. The Morgan fingerprint density at radius 3 is 2.80 bits per heavy atom. The first kappa shape index (κ1) is 15.5. The molecule has 0 atom stereocenters. The zero-order chi connectivity index (χ0) is 14.8. The Morgan fingerprint density at radius 1 is 1.40 bits per heavy atom. The van der Waals surface area contributed by atoms with Gasteiger partial charge in [-0.1, -0.05) is 18.2 Å². The Morgan fingerprint density at radius 2 is 2.15 bits per heavy atom. The molecule has 0 spiro atoms. The van der Waals surface area contributed by atoms with Crippen LogP contribution in [0.15, 0.2) is 41.9 Å². The number of hydrogen-bond acceptors (Lipinski definition) is 4. The summed E-state index contributed by atoms with van der Waals surface area (Å²) in [6, 6.07) is 6.55. The molecule has 3 N–H and O–H groups in total. The maximum atomic E-state index is 10.8. The molecule has 7 nitrogen and oxygen atoms in total. The molecule has 1 aromatic carbocycles. The molecule has 0 heterocycles. The van der Waals surface area contributed by atoms with E-state index >= 15 is 0 Å². The summed E-state index contributed by atoms with van der Waals surface area (Å²) in [6.45, 7) is 5.36. The van der Waals surface area contributed by atoms with Gasteiger partial charge in [-0.05, 0) is 6.07 Å². The van der Waals surface area contributed by atoms with Gasteiger partial charge >= 0.3 is 0 Å². The van der Waals surface area contributed by atoms with Crippen LogP contribution in [0.4, 0.5) is 11.4 Å². The van der Waals surface area contributed by atoms with E-state index in [-0.39, 0.29) is 5.69 Å². The minimum absolute atomic E-state index is 0.0710. The molecule has 0 radical (unpaired) electrons. The molecule has 7 heteroatoms. The largest absolute Gasteiger partial charge is 0.378 e. The summed E-state index contributed by atoms with van der Waals surface area (Å²) < 4.78 is 0. The van der Waals surface area contributed by atoms with E-state index in [0.717, 1.165) is 0 Å². The van der Waals surface area contributed by atoms with Gasteiger partial charge in [-0.2, -0.15) is 0 Å². The van der Waals surface area contributed by atoms with E-state index in [4.69, 9.17) is 0 Å². The summed E-state index contributed by atoms with van der Waals surface area (Å²) in [5.41, 5.74) is 0.579. The summed E-state index contributed by atoms with van der Waals surface area (Å²) in [7, 11) is 1.67. The van der Waals surface area contributed by atoms with Crippen molar-refractivity contribution in [3.63, 3.8) is 0 Å². The molecule has 0 aliphatic rings. The van der Waals surface area contributed by atoms with Crippen molar-refractivity contribution in [2.45, 2.75) is 0 Å². The summed E-state index contributed by atoms with van der Waals surface area (Å²) in [5.74, 6) is 0.661. The van der Waals surface area contributed by atoms with E-state index in [1.54, 1.807) is 31.3 Å². The van der Waals surface area contributed by atoms with Gasteiger partial charge in [0.15, 0.2) is 5.96 Å². The lowest BCUT2D eigenvalue weighted by molar-refractivity contribution is -0.384. The number of rotatable bonds is 7. The zero-order valence-corrected chi connectivity index (χ0v) is 11.4. The third-order valence-electron chi connectivity index (χ3n) is 2.47. The van der Waals surface area contributed by atoms with Crippen molar-refractivity contribution >= 4 is 17.3 Å². The molecule has 20 heavy (non-hydrogen) atoms. The SMILES string of the molecule is C=CCNC(=NC)NCCNc1ccccc1[N+](=O)[O-]. The second kappa shape index (κ2) is 8.52. The van der Waals surface area contributed by atoms with Crippen LogP contribution in [-0.4, -0.2) is 37.6 Å². The third-order valence-corrected chi connectivity index (χ3v) is 2.47. The number of aliphatic imine (C=N–C) groups is 1. The molecule has 0 saturated heterocycles. The van der Waals surface area contributed by atoms with Crippen LogP contribution in [0, 0.1) is 10.1 Å². The normalized spacial score (nSPS) is 10.8. The Balaban J connectivity index is 2.41. The first-order chi connectivity index (χ1) is 9.69. The number of nitro benzene ring substituents is 1. The molecule has 1 rings (SSSR count). The predicted octanol–water partition coefficient (Wildman–Crippen LogP) is 1.36. The van der Waals surface area contributed by atoms with Crippen LogP contribution in [0.2, 0.25) is 0 Å². The monoisotopic (exact) mass is 277 g/mol. The van der Waals surface area contributed by atoms with Crippen molar-refractivity contribution in [2.24, 2.45) is 4.99 Å². The van der Waals surface area contributed by atoms with Gasteiger partial charge in [0, 0.05) is 32.7 Å². The standard InChI is InChI=1S/C13H19N5O2/c1-3-8-16-13(14-2)17-10-9-15-11-6-4-5-7-12(11)18(19)20/h3-7,15H,1,8-10H2,2H3,(H2,14,16,17). The number of nitrogens with zero attached hydrogens (tertiary/aromatic N) is 2. The fourth-order valence-corrected chi connectivity index (χ4v) is 1.55. The fourth-order valence-electron chi connectivity index (χ4n) is 1.55. The van der Waals surface area contributed by atoms with Crippen molar-refractivity contribution in [3.05, 3.63) is 47.0 Å². The molecular weight excluding hydrogens is 258 g/mol. The number of benzene rings is 1. The molecule has 0 aromatic heterocycles. The smallest absolute Gasteiger partial charge is 0.292 e. The zero-order valence-electron chi connectivity index (χ0n) is 11.4. The van der Waals surface area contributed by atoms with E-state index in [2.05, 4.69) is 27.5 Å². The van der Waals surface area contributed by atoms with Gasteiger partial charge in [0.25, 0.3) is 5.69 Å². The fraction of sp³-hybridized carbons (Fsp3) is 0.308. The number of nitro groups is 1. The van der Waals surface area contributed by atoms with Gasteiger partial charge in [-0.3, -0.25) is 15.1 Å². The maximum absolute atomic E-state index is 10.8. The lowest BCUT2D eigenvalue weighted by Crippen LogP contribution is -2.39. The molecule has 1 aromatic rings. The van der Waals surface area contributed by atoms with Gasteiger partial charge in [-0.15, -0.1) is 6.58 Å². The highest BCUT2D eigenvalue weighted by Crippen LogP contribution is 2.22. The lowest BCUT2D eigenvalue weighted by Gasteiger charge is -2.11. The lowest BCUT2D eigenvalue weighted by atomic mass is 10.2. The van der Waals surface area contributed by atoms with Crippen LogP contribution in [0.5, 0.6) is 0 Å². The molecule has 0 bridgehead atoms. The second-order valence-corrected chi connectivity index (χ2v) is 3.87. The van der Waals surface area contributed by atoms with Crippen LogP contribution in [0.3, 0.4) is 0 Å². The second-order valence-electron chi connectivity index (χ2n) is 3.87. The van der Waals surface area contributed by atoms with E-state index < -0.39 is 4.92 Å². The van der Waals surface area contributed by atoms with Gasteiger partial charge in [0.1, 0.15) is 5.69 Å². The molecule has 0 amide bonds. The topological polar surface area (TPSA) is 91.6 Å². The number of para-hydroxylation sites is 2. The Hall–Kier alpha value is -2.57. The van der Waals surface area contributed by atoms with Gasteiger partial charge in [-0.25, -0.2) is 0 Å². The van der Waals surface area contributed by atoms with E-state index in [0.29, 0.717) is 31.3 Å². The van der Waals surface area contributed by atoms with Crippen LogP contribution in [0.1, 0.15) is 0 Å². The van der Waals surface area contributed by atoms with Crippen molar-refractivity contribution in [1.29, 1.82) is 0 Å². The van der Waals surface area contributed by atoms with E-state index in [1.165, 1.54) is 6.07 Å². The highest BCUT2D eigenvalue weighted by molar-refractivity contribution is 5.79. The van der Waals surface area contributed by atoms with Gasteiger partial charge in [0.05, 0.1) is 4.92 Å². The summed E-state index contributed by atoms with van der Waals surface area (Å²) in [5, 5.41) is 20.0. The van der Waals surface area contributed by atoms with Crippen LogP contribution in [-0.2, 0) is 0 Å². The average Bonchev–Trinajstić information content (AvgIpc) is 2.46. The van der Waals surface area contributed by atoms with Gasteiger partial charge in [0.2, 0.25) is 0 Å². The van der Waals surface area contributed by atoms with Crippen molar-refractivity contribution in [1.82, 2.24) is 10.6 Å². The molecule has 0 saturated carbocycles. The highest BCUT2D eigenvalue weighted by atomic mass is 16.6. The quantitative estimate of drug-likeness (QED) is 0.175. The molecule has 0 aliphatic carbocycles. The van der Waals surface area contributed by atoms with Crippen LogP contribution < -0.4 is 16.0 Å². The molecular formula is C13H19N5O2. The summed E-state index contributed by atoms with van der Waals surface area (Å²) in [6.07, 6.45) is 1.73. The first-order valence-corrected chi connectivity index (χ1v) is 6.21. The minimum Gasteiger partial charge on any atom is -0.378 e. The molecule has 0 fully saturated rings. The Bertz CT molecular complexity index is 487. The highest BCUT2D eigenvalue weighted by Gasteiger charge is 2.11. The molecule has 0 unspecified atom stereocenters. The summed E-state index contributed by atoms with van der Waals surface area (Å²) in [4.78, 5) is 14.5. The third kappa shape index (κ3) is 4.97. The first-order valence-electron chi connectivity index (χ1n) is 6.21. The van der Waals surface area contributed by atoms with Gasteiger partial charge < -0.3 is 16.0 Å². The van der Waals surface area contributed by atoms with Crippen molar-refractivity contribution in [3.8, 4) is 0 Å². The van der Waals surface area contributed by atoms with Crippen LogP contribution >= 0.6 is 0 Å². The number of hydrogen-bond donors (Lipinski definition) is 3. The van der Waals surface area contributed by atoms with Crippen LogP contribution in [0.25, 0.3) is 0 Å². The van der Waals surface area contributed by atoms with Crippen molar-refractivity contribution in [2.75, 3.05) is 32.0 Å². The molecule has 108 valence electrons. The minimum atomic E-state index is -0.402. The Kier molecular flexibility index (Phi) is 6.60. The number of nitrogens with one attached hydrogen (secondary N) is 3. The molecule has 0 aliphatic heterocycles. The number of anilines is 1. The maximum Gasteiger partial charge on any atom is 0.292 e. The Labute approximate surface area is 117 Å². The predicted molar refractivity (Wildman–Crippen MR) is 81.1 cm³/mol. The number of guanidine groups is 1.